The van der Waals surface area contributed by atoms with Crippen LogP contribution in [0.3, 0.4) is 0 Å². The zero-order valence-corrected chi connectivity index (χ0v) is 13.8. The van der Waals surface area contributed by atoms with Crippen molar-refractivity contribution in [3.05, 3.63) is 76.5 Å². The molecule has 0 bridgehead atoms. The molecule has 0 fully saturated rings. The molecule has 3 rings (SSSR count). The van der Waals surface area contributed by atoms with E-state index in [1.807, 2.05) is 18.2 Å². The van der Waals surface area contributed by atoms with Gasteiger partial charge < -0.3 is 13.7 Å². The van der Waals surface area contributed by atoms with Crippen molar-refractivity contribution in [3.63, 3.8) is 0 Å². The lowest BCUT2D eigenvalue weighted by molar-refractivity contribution is -0.146. The molecule has 0 unspecified atom stereocenters. The van der Waals surface area contributed by atoms with Gasteiger partial charge in [0.25, 0.3) is 5.56 Å². The summed E-state index contributed by atoms with van der Waals surface area (Å²) in [5.74, 6) is -0.531. The van der Waals surface area contributed by atoms with Crippen LogP contribution in [0.25, 0.3) is 11.5 Å². The number of benzene rings is 1. The Morgan fingerprint density at radius 3 is 2.59 bits per heavy atom. The summed E-state index contributed by atoms with van der Waals surface area (Å²) in [5.41, 5.74) is -0.698. The summed E-state index contributed by atoms with van der Waals surface area (Å²) in [6.07, 6.45) is -2.73. The van der Waals surface area contributed by atoms with Crippen molar-refractivity contribution in [1.82, 2.24) is 9.55 Å². The van der Waals surface area contributed by atoms with Gasteiger partial charge in [-0.2, -0.15) is 13.2 Å². The van der Waals surface area contributed by atoms with E-state index in [-0.39, 0.29) is 6.61 Å². The van der Waals surface area contributed by atoms with Gasteiger partial charge in [0.2, 0.25) is 5.89 Å². The molecule has 140 valence electrons. The molecule has 3 aromatic rings. The Morgan fingerprint density at radius 1 is 1.15 bits per heavy atom. The average Bonchev–Trinajstić information content (AvgIpc) is 3.11. The fourth-order valence-electron chi connectivity index (χ4n) is 2.25. The van der Waals surface area contributed by atoms with Crippen LogP contribution in [0.15, 0.2) is 64.1 Å². The van der Waals surface area contributed by atoms with Crippen LogP contribution in [0.1, 0.15) is 11.3 Å². The molecule has 0 saturated heterocycles. The summed E-state index contributed by atoms with van der Waals surface area (Å²) in [7, 11) is 0. The largest absolute Gasteiger partial charge is 0.458 e. The quantitative estimate of drug-likeness (QED) is 0.637. The highest BCUT2D eigenvalue weighted by atomic mass is 19.4. The third kappa shape index (κ3) is 4.63. The van der Waals surface area contributed by atoms with Gasteiger partial charge in [-0.15, -0.1) is 0 Å². The van der Waals surface area contributed by atoms with Crippen LogP contribution >= 0.6 is 0 Å². The van der Waals surface area contributed by atoms with Crippen LogP contribution < -0.4 is 5.56 Å². The first-order valence-corrected chi connectivity index (χ1v) is 7.76. The molecular weight excluding hydrogens is 365 g/mol. The number of hydrogen-bond donors (Lipinski definition) is 0. The van der Waals surface area contributed by atoms with Gasteiger partial charge in [-0.1, -0.05) is 18.2 Å². The summed E-state index contributed by atoms with van der Waals surface area (Å²) < 4.78 is 49.0. The summed E-state index contributed by atoms with van der Waals surface area (Å²) >= 11 is 0. The Hall–Kier alpha value is -3.36. The van der Waals surface area contributed by atoms with Gasteiger partial charge in [0, 0.05) is 17.8 Å². The number of oxazole rings is 1. The molecule has 2 aromatic heterocycles. The second kappa shape index (κ2) is 7.48. The predicted molar refractivity (Wildman–Crippen MR) is 87.4 cm³/mol. The molecule has 0 N–H and O–H groups in total. The van der Waals surface area contributed by atoms with Crippen molar-refractivity contribution in [3.8, 4) is 11.5 Å². The van der Waals surface area contributed by atoms with Crippen molar-refractivity contribution in [2.24, 2.45) is 0 Å². The number of nitrogens with zero attached hydrogens (tertiary/aromatic N) is 2. The molecule has 0 aliphatic heterocycles. The number of ether oxygens (including phenoxy) is 1. The number of carbonyl (C=O) groups is 1. The van der Waals surface area contributed by atoms with Gasteiger partial charge in [-0.25, -0.2) is 4.98 Å². The number of pyridine rings is 1. The predicted octanol–water partition coefficient (Wildman–Crippen LogP) is 3.27. The van der Waals surface area contributed by atoms with Crippen LogP contribution in [-0.2, 0) is 28.9 Å². The molecule has 27 heavy (non-hydrogen) atoms. The zero-order valence-electron chi connectivity index (χ0n) is 13.8. The molecule has 0 aliphatic carbocycles. The Labute approximate surface area is 150 Å². The number of rotatable bonds is 5. The van der Waals surface area contributed by atoms with E-state index in [4.69, 9.17) is 9.15 Å². The normalized spacial score (nSPS) is 11.4. The van der Waals surface area contributed by atoms with Crippen LogP contribution in [0.4, 0.5) is 13.2 Å². The molecule has 0 amide bonds. The van der Waals surface area contributed by atoms with E-state index >= 15 is 0 Å². The monoisotopic (exact) mass is 378 g/mol. The standard InChI is InChI=1S/C18H13F3N2O4/c19-18(20,21)13-6-7-15(24)23(8-13)9-16(25)26-10-14-11-27-17(22-14)12-4-2-1-3-5-12/h1-8,11H,9-10H2. The second-order valence-corrected chi connectivity index (χ2v) is 5.55. The van der Waals surface area contributed by atoms with Crippen LogP contribution in [0.2, 0.25) is 0 Å². The van der Waals surface area contributed by atoms with Gasteiger partial charge in [-0.05, 0) is 18.2 Å². The molecule has 1 aromatic carbocycles. The molecule has 0 atom stereocenters. The Balaban J connectivity index is 1.62. The summed E-state index contributed by atoms with van der Waals surface area (Å²) in [6.45, 7) is -0.880. The number of halogens is 3. The third-order valence-corrected chi connectivity index (χ3v) is 3.56. The molecule has 0 saturated carbocycles. The van der Waals surface area contributed by atoms with Crippen LogP contribution in [-0.4, -0.2) is 15.5 Å². The maximum Gasteiger partial charge on any atom is 0.417 e. The first-order valence-electron chi connectivity index (χ1n) is 7.76. The first kappa shape index (κ1) is 18.4. The van der Waals surface area contributed by atoms with E-state index in [9.17, 15) is 22.8 Å². The van der Waals surface area contributed by atoms with Crippen LogP contribution in [0, 0.1) is 0 Å². The third-order valence-electron chi connectivity index (χ3n) is 3.56. The highest BCUT2D eigenvalue weighted by Gasteiger charge is 2.31. The van der Waals surface area contributed by atoms with Gasteiger partial charge in [0.1, 0.15) is 25.1 Å². The molecule has 0 spiro atoms. The first-order chi connectivity index (χ1) is 12.8. The van der Waals surface area contributed by atoms with Gasteiger partial charge in [-0.3, -0.25) is 9.59 Å². The maximum atomic E-state index is 12.7. The minimum Gasteiger partial charge on any atom is -0.458 e. The average molecular weight is 378 g/mol. The van der Waals surface area contributed by atoms with Crippen molar-refractivity contribution >= 4 is 5.97 Å². The number of hydrogen-bond acceptors (Lipinski definition) is 5. The summed E-state index contributed by atoms with van der Waals surface area (Å²) in [4.78, 5) is 27.6. The lowest BCUT2D eigenvalue weighted by atomic mass is 10.2. The van der Waals surface area contributed by atoms with E-state index in [1.165, 1.54) is 6.26 Å². The van der Waals surface area contributed by atoms with Gasteiger partial charge >= 0.3 is 12.1 Å². The highest BCUT2D eigenvalue weighted by Crippen LogP contribution is 2.28. The fraction of sp³-hybridized carbons (Fsp3) is 0.167. The van der Waals surface area contributed by atoms with Gasteiger partial charge in [0.15, 0.2) is 0 Å². The van der Waals surface area contributed by atoms with Crippen molar-refractivity contribution in [1.29, 1.82) is 0 Å². The fourth-order valence-corrected chi connectivity index (χ4v) is 2.25. The number of alkyl halides is 3. The SMILES string of the molecule is O=C(Cn1cc(C(F)(F)F)ccc1=O)OCc1coc(-c2ccccc2)n1. The molecule has 0 radical (unpaired) electrons. The lowest BCUT2D eigenvalue weighted by Gasteiger charge is -2.10. The smallest absolute Gasteiger partial charge is 0.417 e. The minimum absolute atomic E-state index is 0.233. The molecule has 9 heteroatoms. The second-order valence-electron chi connectivity index (χ2n) is 5.55. The molecule has 6 nitrogen and oxygen atoms in total. The molecule has 2 heterocycles. The van der Waals surface area contributed by atoms with E-state index in [0.29, 0.717) is 28.4 Å². The van der Waals surface area contributed by atoms with Crippen molar-refractivity contribution in [2.75, 3.05) is 0 Å². The van der Waals surface area contributed by atoms with E-state index in [2.05, 4.69) is 4.98 Å². The van der Waals surface area contributed by atoms with Crippen LogP contribution in [0.5, 0.6) is 0 Å². The minimum atomic E-state index is -4.62. The van der Waals surface area contributed by atoms with Gasteiger partial charge in [0.05, 0.1) is 5.56 Å². The van der Waals surface area contributed by atoms with E-state index in [1.54, 1.807) is 12.1 Å². The van der Waals surface area contributed by atoms with E-state index in [0.717, 1.165) is 11.6 Å². The Kier molecular flexibility index (Phi) is 5.11. The molecular formula is C18H13F3N2O4. The highest BCUT2D eigenvalue weighted by molar-refractivity contribution is 5.69. The number of carbonyl (C=O) groups excluding carboxylic acids is 1. The van der Waals surface area contributed by atoms with E-state index < -0.39 is 29.8 Å². The lowest BCUT2D eigenvalue weighted by Crippen LogP contribution is -2.26. The number of esters is 1. The summed E-state index contributed by atoms with van der Waals surface area (Å²) in [6, 6.07) is 10.5. The topological polar surface area (TPSA) is 74.3 Å². The van der Waals surface area contributed by atoms with Crippen molar-refractivity contribution in [2.45, 2.75) is 19.3 Å². The molecule has 0 aliphatic rings. The maximum absolute atomic E-state index is 12.7. The Bertz CT molecular complexity index is 994. The Morgan fingerprint density at radius 2 is 1.89 bits per heavy atom. The summed E-state index contributed by atoms with van der Waals surface area (Å²) in [5, 5.41) is 0. The number of aromatic nitrogens is 2. The zero-order chi connectivity index (χ0) is 19.4. The van der Waals surface area contributed by atoms with Crippen molar-refractivity contribution < 1.29 is 27.1 Å².